The first-order chi connectivity index (χ1) is 14.9. The molecule has 14 nitrogen and oxygen atoms in total. The Hall–Kier alpha value is -3.42. The van der Waals surface area contributed by atoms with E-state index in [1.807, 2.05) is 6.92 Å². The van der Waals surface area contributed by atoms with Crippen LogP contribution in [0.4, 0.5) is 0 Å². The molecule has 0 aromatic heterocycles. The van der Waals surface area contributed by atoms with Crippen molar-refractivity contribution in [2.75, 3.05) is 13.1 Å². The van der Waals surface area contributed by atoms with Crippen LogP contribution in [-0.4, -0.2) is 77.0 Å². The Labute approximate surface area is 185 Å². The third-order valence-corrected chi connectivity index (χ3v) is 4.56. The Bertz CT molecular complexity index is 710. The van der Waals surface area contributed by atoms with Crippen molar-refractivity contribution in [1.82, 2.24) is 16.0 Å². The molecule has 11 N–H and O–H groups in total. The van der Waals surface area contributed by atoms with Crippen LogP contribution in [0.1, 0.15) is 39.5 Å². The lowest BCUT2D eigenvalue weighted by Gasteiger charge is -2.24. The van der Waals surface area contributed by atoms with Crippen LogP contribution in [0.3, 0.4) is 0 Å². The zero-order valence-electron chi connectivity index (χ0n) is 18.2. The molecule has 0 aliphatic heterocycles. The highest BCUT2D eigenvalue weighted by atomic mass is 16.4. The molecule has 0 saturated heterocycles. The lowest BCUT2D eigenvalue weighted by molar-refractivity contribution is -0.141. The second-order valence-electron chi connectivity index (χ2n) is 7.19. The van der Waals surface area contributed by atoms with Crippen LogP contribution in [0.2, 0.25) is 0 Å². The van der Waals surface area contributed by atoms with Crippen molar-refractivity contribution in [2.24, 2.45) is 28.1 Å². The fraction of sp³-hybridized carbons (Fsp3) is 0.667. The first-order valence-corrected chi connectivity index (χ1v) is 10.0. The molecule has 4 atom stereocenters. The number of carboxylic acid groups (broad SMARTS) is 2. The number of aliphatic imine (C=N–C) groups is 1. The van der Waals surface area contributed by atoms with Crippen molar-refractivity contribution in [3.05, 3.63) is 0 Å². The number of hydrogen-bond donors (Lipinski definition) is 8. The Morgan fingerprint density at radius 2 is 1.53 bits per heavy atom. The third-order valence-electron chi connectivity index (χ3n) is 4.56. The van der Waals surface area contributed by atoms with Gasteiger partial charge in [-0.15, -0.1) is 0 Å². The van der Waals surface area contributed by atoms with Crippen molar-refractivity contribution >= 4 is 35.6 Å². The summed E-state index contributed by atoms with van der Waals surface area (Å²) in [5.41, 5.74) is 16.3. The Balaban J connectivity index is 5.38. The molecule has 14 heteroatoms. The van der Waals surface area contributed by atoms with Gasteiger partial charge in [0.1, 0.15) is 18.6 Å². The Morgan fingerprint density at radius 1 is 0.938 bits per heavy atom. The van der Waals surface area contributed by atoms with Gasteiger partial charge in [-0.1, -0.05) is 20.3 Å². The van der Waals surface area contributed by atoms with E-state index in [1.165, 1.54) is 0 Å². The molecule has 3 amide bonds. The molecule has 0 spiro atoms. The average Bonchev–Trinajstić information content (AvgIpc) is 2.71. The molecule has 0 saturated carbocycles. The molecule has 0 aliphatic rings. The lowest BCUT2D eigenvalue weighted by atomic mass is 9.99. The van der Waals surface area contributed by atoms with Gasteiger partial charge in [0.15, 0.2) is 5.96 Å². The number of amides is 3. The van der Waals surface area contributed by atoms with Crippen molar-refractivity contribution in [2.45, 2.75) is 57.7 Å². The summed E-state index contributed by atoms with van der Waals surface area (Å²) in [5.74, 6) is -5.48. The molecule has 32 heavy (non-hydrogen) atoms. The number of nitrogens with zero attached hydrogens (tertiary/aromatic N) is 1. The molecular weight excluding hydrogens is 426 g/mol. The van der Waals surface area contributed by atoms with E-state index in [4.69, 9.17) is 27.4 Å². The van der Waals surface area contributed by atoms with Crippen LogP contribution in [-0.2, 0) is 24.0 Å². The van der Waals surface area contributed by atoms with Crippen molar-refractivity contribution in [3.8, 4) is 0 Å². The van der Waals surface area contributed by atoms with E-state index in [1.54, 1.807) is 6.92 Å². The Kier molecular flexibility index (Phi) is 13.0. The highest BCUT2D eigenvalue weighted by Crippen LogP contribution is 2.07. The van der Waals surface area contributed by atoms with Crippen LogP contribution in [0.5, 0.6) is 0 Å². The number of carboxylic acids is 2. The molecule has 0 aliphatic carbocycles. The zero-order valence-corrected chi connectivity index (χ0v) is 18.2. The minimum atomic E-state index is -1.50. The van der Waals surface area contributed by atoms with Gasteiger partial charge in [-0.3, -0.25) is 29.0 Å². The number of aliphatic carboxylic acids is 2. The fourth-order valence-electron chi connectivity index (χ4n) is 2.49. The monoisotopic (exact) mass is 459 g/mol. The quantitative estimate of drug-likeness (QED) is 0.0702. The number of nitrogens with one attached hydrogen (secondary N) is 3. The van der Waals surface area contributed by atoms with Crippen LogP contribution >= 0.6 is 0 Å². The van der Waals surface area contributed by atoms with Crippen molar-refractivity contribution in [1.29, 1.82) is 0 Å². The van der Waals surface area contributed by atoms with Gasteiger partial charge in [-0.05, 0) is 18.8 Å². The van der Waals surface area contributed by atoms with Gasteiger partial charge in [0.25, 0.3) is 0 Å². The SMILES string of the molecule is CCC(C)C(N)C(=O)NC(CC(=O)O)C(=O)NC(CCCN=C(N)N)C(=O)NCC(=O)O. The van der Waals surface area contributed by atoms with E-state index in [0.717, 1.165) is 0 Å². The maximum atomic E-state index is 12.7. The topological polar surface area (TPSA) is 252 Å². The maximum absolute atomic E-state index is 12.7. The molecule has 4 unspecified atom stereocenters. The highest BCUT2D eigenvalue weighted by molar-refractivity contribution is 5.95. The summed E-state index contributed by atoms with van der Waals surface area (Å²) in [6, 6.07) is -3.67. The van der Waals surface area contributed by atoms with E-state index < -0.39 is 60.8 Å². The second kappa shape index (κ2) is 14.6. The van der Waals surface area contributed by atoms with Crippen LogP contribution < -0.4 is 33.2 Å². The van der Waals surface area contributed by atoms with Crippen LogP contribution in [0, 0.1) is 5.92 Å². The normalized spacial score (nSPS) is 14.2. The summed E-state index contributed by atoms with van der Waals surface area (Å²) in [6.45, 7) is 3.01. The molecule has 0 radical (unpaired) electrons. The fourth-order valence-corrected chi connectivity index (χ4v) is 2.49. The second-order valence-corrected chi connectivity index (χ2v) is 7.19. The summed E-state index contributed by atoms with van der Waals surface area (Å²) in [7, 11) is 0. The maximum Gasteiger partial charge on any atom is 0.322 e. The zero-order chi connectivity index (χ0) is 24.8. The van der Waals surface area contributed by atoms with Gasteiger partial charge in [-0.2, -0.15) is 0 Å². The number of carbonyl (C=O) groups is 5. The van der Waals surface area contributed by atoms with Gasteiger partial charge < -0.3 is 43.4 Å². The third kappa shape index (κ3) is 11.7. The molecule has 0 fully saturated rings. The summed E-state index contributed by atoms with van der Waals surface area (Å²) in [6.07, 6.45) is 0.112. The number of hydrogen-bond acceptors (Lipinski definition) is 7. The molecule has 182 valence electrons. The minimum Gasteiger partial charge on any atom is -0.481 e. The molecular formula is C18H33N7O7. The Morgan fingerprint density at radius 3 is 2.03 bits per heavy atom. The summed E-state index contributed by atoms with van der Waals surface area (Å²) in [5, 5.41) is 24.6. The van der Waals surface area contributed by atoms with E-state index in [0.29, 0.717) is 6.42 Å². The predicted octanol–water partition coefficient (Wildman–Crippen LogP) is -2.94. The molecule has 0 aromatic rings. The minimum absolute atomic E-state index is 0.0219. The largest absolute Gasteiger partial charge is 0.481 e. The number of carbonyl (C=O) groups excluding carboxylic acids is 3. The van der Waals surface area contributed by atoms with Gasteiger partial charge in [0.2, 0.25) is 17.7 Å². The van der Waals surface area contributed by atoms with Gasteiger partial charge in [0, 0.05) is 6.54 Å². The molecule has 0 bridgehead atoms. The van der Waals surface area contributed by atoms with Gasteiger partial charge in [-0.25, -0.2) is 0 Å². The average molecular weight is 460 g/mol. The summed E-state index contributed by atoms with van der Waals surface area (Å²) in [4.78, 5) is 63.0. The summed E-state index contributed by atoms with van der Waals surface area (Å²) >= 11 is 0. The van der Waals surface area contributed by atoms with E-state index in [9.17, 15) is 24.0 Å². The van der Waals surface area contributed by atoms with Gasteiger partial charge in [0.05, 0.1) is 12.5 Å². The van der Waals surface area contributed by atoms with E-state index in [-0.39, 0.29) is 31.3 Å². The first kappa shape index (κ1) is 28.6. The molecule has 0 aromatic carbocycles. The first-order valence-electron chi connectivity index (χ1n) is 10.0. The summed E-state index contributed by atoms with van der Waals surface area (Å²) < 4.78 is 0. The van der Waals surface area contributed by atoms with Gasteiger partial charge >= 0.3 is 11.9 Å². The number of rotatable bonds is 15. The number of guanidine groups is 1. The smallest absolute Gasteiger partial charge is 0.322 e. The standard InChI is InChI=1S/C18H33N7O7/c1-3-9(2)14(19)17(32)25-11(7-12(26)27)16(31)24-10(5-4-6-22-18(20)21)15(30)23-8-13(28)29/h9-11,14H,3-8,19H2,1-2H3,(H,23,30)(H,24,31)(H,25,32)(H,26,27)(H,28,29)(H4,20,21,22). The van der Waals surface area contributed by atoms with E-state index >= 15 is 0 Å². The lowest BCUT2D eigenvalue weighted by Crippen LogP contribution is -2.57. The van der Waals surface area contributed by atoms with Crippen molar-refractivity contribution < 1.29 is 34.2 Å². The highest BCUT2D eigenvalue weighted by Gasteiger charge is 2.30. The number of nitrogens with two attached hydrogens (primary N) is 3. The molecule has 0 heterocycles. The molecule has 0 rings (SSSR count). The predicted molar refractivity (Wildman–Crippen MR) is 114 cm³/mol. The van der Waals surface area contributed by atoms with Crippen LogP contribution in [0.25, 0.3) is 0 Å². The van der Waals surface area contributed by atoms with Crippen LogP contribution in [0.15, 0.2) is 4.99 Å². The van der Waals surface area contributed by atoms with E-state index in [2.05, 4.69) is 20.9 Å². The van der Waals surface area contributed by atoms with Crippen molar-refractivity contribution in [3.63, 3.8) is 0 Å².